The first-order valence-corrected chi connectivity index (χ1v) is 11.7. The number of fused-ring (bicyclic) bond motifs is 1. The third kappa shape index (κ3) is 4.23. The van der Waals surface area contributed by atoms with Crippen molar-refractivity contribution in [1.29, 1.82) is 0 Å². The number of imide groups is 1. The Morgan fingerprint density at radius 3 is 2.47 bits per heavy atom. The quantitative estimate of drug-likeness (QED) is 0.466. The molecule has 2 saturated heterocycles. The summed E-state index contributed by atoms with van der Waals surface area (Å²) in [4.78, 5) is 29.3. The van der Waals surface area contributed by atoms with Crippen molar-refractivity contribution >= 4 is 45.4 Å². The van der Waals surface area contributed by atoms with Gasteiger partial charge in [0.25, 0.3) is 11.1 Å². The Bertz CT molecular complexity index is 1180. The molecule has 0 aliphatic carbocycles. The first-order valence-electron chi connectivity index (χ1n) is 10.9. The minimum atomic E-state index is -0.259. The number of benzene rings is 3. The predicted octanol–water partition coefficient (Wildman–Crippen LogP) is 5.56. The third-order valence-electron chi connectivity index (χ3n) is 5.86. The molecule has 5 nitrogen and oxygen atoms in total. The fraction of sp³-hybridized carbons (Fsp3) is 0.231. The average Bonchev–Trinajstić information content (AvgIpc) is 3.44. The fourth-order valence-corrected chi connectivity index (χ4v) is 5.03. The van der Waals surface area contributed by atoms with Gasteiger partial charge in [0.1, 0.15) is 12.4 Å². The van der Waals surface area contributed by atoms with Crippen LogP contribution in [-0.2, 0) is 4.79 Å². The zero-order valence-electron chi connectivity index (χ0n) is 17.7. The Balaban J connectivity index is 1.22. The molecule has 0 spiro atoms. The Hall–Kier alpha value is -3.25. The van der Waals surface area contributed by atoms with Gasteiger partial charge >= 0.3 is 0 Å². The summed E-state index contributed by atoms with van der Waals surface area (Å²) in [5, 5.41) is 1.85. The first kappa shape index (κ1) is 20.6. The van der Waals surface area contributed by atoms with Gasteiger partial charge in [0.05, 0.1) is 11.4 Å². The molecule has 2 heterocycles. The number of carbonyl (C=O) groups excluding carboxylic acids is 2. The summed E-state index contributed by atoms with van der Waals surface area (Å²) in [5.41, 5.74) is 2.13. The van der Waals surface area contributed by atoms with Crippen molar-refractivity contribution in [2.24, 2.45) is 0 Å². The maximum absolute atomic E-state index is 12.8. The van der Waals surface area contributed by atoms with Crippen molar-refractivity contribution in [3.63, 3.8) is 0 Å². The lowest BCUT2D eigenvalue weighted by Crippen LogP contribution is -2.32. The summed E-state index contributed by atoms with van der Waals surface area (Å²) in [5.74, 6) is 0.494. The topological polar surface area (TPSA) is 49.9 Å². The Labute approximate surface area is 191 Å². The number of thioether (sulfide) groups is 1. The van der Waals surface area contributed by atoms with E-state index in [0.29, 0.717) is 4.91 Å². The van der Waals surface area contributed by atoms with E-state index in [4.69, 9.17) is 4.74 Å². The van der Waals surface area contributed by atoms with Crippen molar-refractivity contribution < 1.29 is 14.3 Å². The molecule has 2 aliphatic rings. The second kappa shape index (κ2) is 9.09. The van der Waals surface area contributed by atoms with E-state index < -0.39 is 0 Å². The highest BCUT2D eigenvalue weighted by Gasteiger charge is 2.34. The van der Waals surface area contributed by atoms with Crippen LogP contribution < -0.4 is 9.64 Å². The van der Waals surface area contributed by atoms with Gasteiger partial charge in [-0.1, -0.05) is 48.5 Å². The summed E-state index contributed by atoms with van der Waals surface area (Å²) < 4.78 is 5.91. The van der Waals surface area contributed by atoms with Gasteiger partial charge in [-0.05, 0) is 59.8 Å². The molecule has 2 amide bonds. The lowest BCUT2D eigenvalue weighted by molar-refractivity contribution is -0.123. The fourth-order valence-electron chi connectivity index (χ4n) is 4.17. The summed E-state index contributed by atoms with van der Waals surface area (Å²) in [6, 6.07) is 22.0. The van der Waals surface area contributed by atoms with E-state index in [2.05, 4.69) is 17.0 Å². The molecule has 2 fully saturated rings. The van der Waals surface area contributed by atoms with Crippen LogP contribution in [-0.4, -0.2) is 42.3 Å². The highest BCUT2D eigenvalue weighted by molar-refractivity contribution is 8.18. The Kier molecular flexibility index (Phi) is 5.86. The van der Waals surface area contributed by atoms with E-state index in [1.807, 2.05) is 54.6 Å². The summed E-state index contributed by atoms with van der Waals surface area (Å²) in [6.45, 7) is 2.67. The monoisotopic (exact) mass is 444 g/mol. The molecule has 32 heavy (non-hydrogen) atoms. The van der Waals surface area contributed by atoms with Crippen LogP contribution in [0.25, 0.3) is 16.8 Å². The molecule has 0 saturated carbocycles. The highest BCUT2D eigenvalue weighted by atomic mass is 32.2. The summed E-state index contributed by atoms with van der Waals surface area (Å²) >= 11 is 0.988. The molecular weight excluding hydrogens is 420 g/mol. The molecule has 3 aromatic carbocycles. The van der Waals surface area contributed by atoms with Crippen molar-refractivity contribution in [3.8, 4) is 5.75 Å². The first-order chi connectivity index (χ1) is 15.7. The number of hydrogen-bond acceptors (Lipinski definition) is 5. The van der Waals surface area contributed by atoms with Gasteiger partial charge in [0.15, 0.2) is 0 Å². The van der Waals surface area contributed by atoms with Crippen LogP contribution in [0, 0.1) is 0 Å². The predicted molar refractivity (Wildman–Crippen MR) is 130 cm³/mol. The van der Waals surface area contributed by atoms with Crippen LogP contribution in [0.1, 0.15) is 18.4 Å². The van der Waals surface area contributed by atoms with E-state index in [1.165, 1.54) is 23.4 Å². The molecule has 0 unspecified atom stereocenters. The van der Waals surface area contributed by atoms with Gasteiger partial charge in [-0.2, -0.15) is 0 Å². The normalized spacial score (nSPS) is 17.7. The number of rotatable bonds is 6. The third-order valence-corrected chi connectivity index (χ3v) is 6.77. The molecule has 162 valence electrons. The van der Waals surface area contributed by atoms with Gasteiger partial charge in [-0.15, -0.1) is 0 Å². The largest absolute Gasteiger partial charge is 0.491 e. The number of amides is 2. The van der Waals surface area contributed by atoms with Crippen LogP contribution in [0.3, 0.4) is 0 Å². The molecule has 0 aromatic heterocycles. The van der Waals surface area contributed by atoms with Crippen molar-refractivity contribution in [3.05, 3.63) is 77.2 Å². The van der Waals surface area contributed by atoms with Gasteiger partial charge in [-0.3, -0.25) is 14.5 Å². The van der Waals surface area contributed by atoms with Crippen LogP contribution in [0.15, 0.2) is 71.6 Å². The minimum absolute atomic E-state index is 0.221. The van der Waals surface area contributed by atoms with Crippen molar-refractivity contribution in [2.75, 3.05) is 31.1 Å². The van der Waals surface area contributed by atoms with Crippen LogP contribution in [0.4, 0.5) is 10.5 Å². The van der Waals surface area contributed by atoms with Crippen LogP contribution in [0.5, 0.6) is 5.75 Å². The van der Waals surface area contributed by atoms with E-state index >= 15 is 0 Å². The summed E-state index contributed by atoms with van der Waals surface area (Å²) in [6.07, 6.45) is 4.27. The van der Waals surface area contributed by atoms with E-state index in [-0.39, 0.29) is 24.3 Å². The maximum Gasteiger partial charge on any atom is 0.293 e. The second-order valence-electron chi connectivity index (χ2n) is 7.94. The number of nitrogens with zero attached hydrogens (tertiary/aromatic N) is 2. The smallest absolute Gasteiger partial charge is 0.293 e. The zero-order valence-corrected chi connectivity index (χ0v) is 18.5. The molecule has 5 rings (SSSR count). The van der Waals surface area contributed by atoms with Crippen molar-refractivity contribution in [2.45, 2.75) is 12.8 Å². The van der Waals surface area contributed by atoms with Gasteiger partial charge in [-0.25, -0.2) is 0 Å². The SMILES string of the molecule is O=C1S/C(=C\c2ccc(N3CCCC3)cc2)C(=O)N1CCOc1cccc2ccccc12. The lowest BCUT2D eigenvalue weighted by Gasteiger charge is -2.17. The van der Waals surface area contributed by atoms with Crippen LogP contribution >= 0.6 is 11.8 Å². The Morgan fingerprint density at radius 2 is 1.66 bits per heavy atom. The van der Waals surface area contributed by atoms with E-state index in [0.717, 1.165) is 46.9 Å². The number of anilines is 1. The molecule has 0 bridgehead atoms. The average molecular weight is 445 g/mol. The highest BCUT2D eigenvalue weighted by Crippen LogP contribution is 2.33. The summed E-state index contributed by atoms with van der Waals surface area (Å²) in [7, 11) is 0. The minimum Gasteiger partial charge on any atom is -0.491 e. The molecule has 0 radical (unpaired) electrons. The van der Waals surface area contributed by atoms with E-state index in [9.17, 15) is 9.59 Å². The lowest BCUT2D eigenvalue weighted by atomic mass is 10.1. The molecule has 0 atom stereocenters. The molecule has 3 aromatic rings. The Morgan fingerprint density at radius 1 is 0.906 bits per heavy atom. The van der Waals surface area contributed by atoms with Gasteiger partial charge < -0.3 is 9.64 Å². The zero-order chi connectivity index (χ0) is 21.9. The molecular formula is C26H24N2O3S. The number of carbonyl (C=O) groups is 2. The number of ether oxygens (including phenoxy) is 1. The van der Waals surface area contributed by atoms with E-state index in [1.54, 1.807) is 6.08 Å². The molecule has 0 N–H and O–H groups in total. The van der Waals surface area contributed by atoms with Gasteiger partial charge in [0, 0.05) is 24.2 Å². The second-order valence-corrected chi connectivity index (χ2v) is 8.94. The van der Waals surface area contributed by atoms with Gasteiger partial charge in [0.2, 0.25) is 0 Å². The molecule has 6 heteroatoms. The van der Waals surface area contributed by atoms with Crippen LogP contribution in [0.2, 0.25) is 0 Å². The maximum atomic E-state index is 12.8. The molecule has 2 aliphatic heterocycles. The van der Waals surface area contributed by atoms with Crippen molar-refractivity contribution in [1.82, 2.24) is 4.90 Å². The standard InChI is InChI=1S/C26H24N2O3S/c29-25-24(18-19-10-12-21(13-11-19)27-14-3-4-15-27)32-26(30)28(25)16-17-31-23-9-5-7-20-6-1-2-8-22(20)23/h1-2,5-13,18H,3-4,14-17H2/b24-18-. The number of hydrogen-bond donors (Lipinski definition) is 0.